The molecule has 1 aliphatic carbocycles. The lowest BCUT2D eigenvalue weighted by molar-refractivity contribution is -0.0393. The molecule has 1 saturated carbocycles. The van der Waals surface area contributed by atoms with Gasteiger partial charge < -0.3 is 10.2 Å². The molecule has 0 heterocycles. The van der Waals surface area contributed by atoms with E-state index in [9.17, 15) is 14.7 Å². The maximum Gasteiger partial charge on any atom is 0.430 e. The van der Waals surface area contributed by atoms with Crippen molar-refractivity contribution in [1.29, 1.82) is 0 Å². The van der Waals surface area contributed by atoms with Crippen molar-refractivity contribution in [3.63, 3.8) is 0 Å². The number of hydrogen-bond acceptors (Lipinski definition) is 2. The van der Waals surface area contributed by atoms with Gasteiger partial charge in [0.25, 0.3) is 0 Å². The lowest BCUT2D eigenvalue weighted by Crippen LogP contribution is -2.56. The van der Waals surface area contributed by atoms with E-state index in [-0.39, 0.29) is 12.0 Å². The third kappa shape index (κ3) is 3.43. The highest BCUT2D eigenvalue weighted by Crippen LogP contribution is 2.37. The summed E-state index contributed by atoms with van der Waals surface area (Å²) in [6.07, 6.45) is 1.09. The quantitative estimate of drug-likeness (QED) is 0.777. The summed E-state index contributed by atoms with van der Waals surface area (Å²) in [4.78, 5) is 22.8. The van der Waals surface area contributed by atoms with E-state index in [2.05, 4.69) is 13.5 Å². The van der Waals surface area contributed by atoms with Crippen molar-refractivity contribution in [1.82, 2.24) is 10.0 Å². The molecule has 0 aromatic heterocycles. The van der Waals surface area contributed by atoms with Crippen molar-refractivity contribution in [3.8, 4) is 0 Å². The lowest BCUT2D eigenvalue weighted by Gasteiger charge is -2.44. The van der Waals surface area contributed by atoms with Crippen LogP contribution in [0.4, 0.5) is 9.59 Å². The Morgan fingerprint density at radius 3 is 2.25 bits per heavy atom. The first kappa shape index (κ1) is 16.3. The fourth-order valence-electron chi connectivity index (χ4n) is 3.09. The van der Waals surface area contributed by atoms with Crippen LogP contribution in [0.2, 0.25) is 0 Å². The van der Waals surface area contributed by atoms with Gasteiger partial charge in [-0.15, -0.1) is 0 Å². The molecule has 3 unspecified atom stereocenters. The molecule has 0 aliphatic heterocycles. The minimum atomic E-state index is -1.33. The van der Waals surface area contributed by atoms with E-state index in [4.69, 9.17) is 5.11 Å². The molecule has 2 N–H and O–H groups in total. The van der Waals surface area contributed by atoms with Crippen molar-refractivity contribution < 1.29 is 19.8 Å². The average molecular weight is 284 g/mol. The molecule has 3 atom stereocenters. The average Bonchev–Trinajstić information content (AvgIpc) is 2.34. The second-order valence-corrected chi connectivity index (χ2v) is 5.83. The molecule has 0 saturated heterocycles. The molecule has 0 aromatic carbocycles. The zero-order valence-electron chi connectivity index (χ0n) is 12.3. The summed E-state index contributed by atoms with van der Waals surface area (Å²) in [6.45, 7) is 9.58. The van der Waals surface area contributed by atoms with E-state index < -0.39 is 12.2 Å². The van der Waals surface area contributed by atoms with Crippen molar-refractivity contribution in [2.24, 2.45) is 17.8 Å². The molecular formula is C14H24N2O4. The Bertz CT molecular complexity index is 383. The normalized spacial score (nSPS) is 26.1. The lowest BCUT2D eigenvalue weighted by atomic mass is 9.74. The third-order valence-corrected chi connectivity index (χ3v) is 4.10. The summed E-state index contributed by atoms with van der Waals surface area (Å²) in [5.41, 5.74) is 0. The van der Waals surface area contributed by atoms with Crippen LogP contribution in [0.3, 0.4) is 0 Å². The smallest absolute Gasteiger partial charge is 0.430 e. The molecule has 1 aliphatic rings. The highest BCUT2D eigenvalue weighted by molar-refractivity contribution is 5.73. The summed E-state index contributed by atoms with van der Waals surface area (Å²) < 4.78 is 0. The molecule has 1 fully saturated rings. The van der Waals surface area contributed by atoms with Gasteiger partial charge in [0.15, 0.2) is 0 Å². The molecule has 2 amide bonds. The van der Waals surface area contributed by atoms with Crippen LogP contribution in [0.5, 0.6) is 0 Å². The second kappa shape index (κ2) is 6.63. The summed E-state index contributed by atoms with van der Waals surface area (Å²) in [5.74, 6) is 0.844. The van der Waals surface area contributed by atoms with Crippen LogP contribution < -0.4 is 0 Å². The van der Waals surface area contributed by atoms with Gasteiger partial charge in [-0.3, -0.25) is 0 Å². The molecule has 1 rings (SSSR count). The van der Waals surface area contributed by atoms with Crippen LogP contribution in [0.1, 0.15) is 40.0 Å². The Kier molecular flexibility index (Phi) is 5.42. The van der Waals surface area contributed by atoms with Crippen molar-refractivity contribution in [2.45, 2.75) is 46.1 Å². The monoisotopic (exact) mass is 284 g/mol. The molecule has 114 valence electrons. The SMILES string of the molecule is C=CN(C(=O)O)N(C(=O)O)C1CC(C)CCC1C(C)C. The van der Waals surface area contributed by atoms with Crippen molar-refractivity contribution in [2.75, 3.05) is 0 Å². The number of nitrogens with zero attached hydrogens (tertiary/aromatic N) is 2. The summed E-state index contributed by atoms with van der Waals surface area (Å²) in [7, 11) is 0. The van der Waals surface area contributed by atoms with Gasteiger partial charge >= 0.3 is 12.2 Å². The largest absolute Gasteiger partial charge is 0.464 e. The first-order valence-corrected chi connectivity index (χ1v) is 6.96. The van der Waals surface area contributed by atoms with Crippen LogP contribution in [0.15, 0.2) is 12.8 Å². The van der Waals surface area contributed by atoms with Crippen LogP contribution in [-0.2, 0) is 0 Å². The summed E-state index contributed by atoms with van der Waals surface area (Å²) in [6, 6.07) is -0.328. The van der Waals surface area contributed by atoms with E-state index in [0.717, 1.165) is 24.1 Å². The zero-order chi connectivity index (χ0) is 15.4. The minimum absolute atomic E-state index is 0.157. The highest BCUT2D eigenvalue weighted by atomic mass is 16.4. The Morgan fingerprint density at radius 1 is 1.25 bits per heavy atom. The number of carbonyl (C=O) groups is 2. The Hall–Kier alpha value is -1.72. The summed E-state index contributed by atoms with van der Waals surface area (Å²) >= 11 is 0. The number of amides is 2. The topological polar surface area (TPSA) is 81.1 Å². The molecule has 0 aromatic rings. The van der Waals surface area contributed by atoms with Crippen LogP contribution in [0, 0.1) is 17.8 Å². The van der Waals surface area contributed by atoms with Crippen LogP contribution in [-0.4, -0.2) is 38.5 Å². The number of rotatable bonds is 3. The summed E-state index contributed by atoms with van der Waals surface area (Å²) in [5, 5.41) is 20.2. The third-order valence-electron chi connectivity index (χ3n) is 4.10. The van der Waals surface area contributed by atoms with Crippen LogP contribution >= 0.6 is 0 Å². The molecule has 0 radical (unpaired) electrons. The first-order chi connectivity index (χ1) is 9.29. The molecule has 6 heteroatoms. The van der Waals surface area contributed by atoms with Gasteiger partial charge in [0.1, 0.15) is 0 Å². The molecule has 6 nitrogen and oxygen atoms in total. The van der Waals surface area contributed by atoms with Gasteiger partial charge in [-0.2, -0.15) is 5.01 Å². The van der Waals surface area contributed by atoms with Gasteiger partial charge in [-0.1, -0.05) is 33.8 Å². The number of carboxylic acid groups (broad SMARTS) is 2. The fraction of sp³-hybridized carbons (Fsp3) is 0.714. The standard InChI is InChI=1S/C14H24N2O4/c1-5-15(13(17)18)16(14(19)20)12-8-10(4)6-7-11(12)9(2)3/h5,9-12H,1,6-8H2,2-4H3,(H,17,18)(H,19,20). The van der Waals surface area contributed by atoms with Gasteiger partial charge in [0, 0.05) is 6.20 Å². The molecular weight excluding hydrogens is 260 g/mol. The Balaban J connectivity index is 3.11. The second-order valence-electron chi connectivity index (χ2n) is 5.83. The van der Waals surface area contributed by atoms with Crippen molar-refractivity contribution in [3.05, 3.63) is 12.8 Å². The maximum atomic E-state index is 11.6. The van der Waals surface area contributed by atoms with Gasteiger partial charge in [-0.25, -0.2) is 14.6 Å². The predicted molar refractivity (Wildman–Crippen MR) is 75.1 cm³/mol. The number of hydrogen-bond donors (Lipinski definition) is 2. The predicted octanol–water partition coefficient (Wildman–Crippen LogP) is 3.47. The maximum absolute atomic E-state index is 11.6. The van der Waals surface area contributed by atoms with Crippen molar-refractivity contribution >= 4 is 12.2 Å². The Labute approximate surface area is 119 Å². The van der Waals surface area contributed by atoms with E-state index in [1.54, 1.807) is 0 Å². The van der Waals surface area contributed by atoms with Gasteiger partial charge in [0.2, 0.25) is 0 Å². The van der Waals surface area contributed by atoms with Gasteiger partial charge in [-0.05, 0) is 30.6 Å². The Morgan fingerprint density at radius 2 is 1.85 bits per heavy atom. The molecule has 0 spiro atoms. The zero-order valence-corrected chi connectivity index (χ0v) is 12.3. The van der Waals surface area contributed by atoms with Gasteiger partial charge in [0.05, 0.1) is 6.04 Å². The van der Waals surface area contributed by atoms with Crippen LogP contribution in [0.25, 0.3) is 0 Å². The number of hydrazine groups is 1. The minimum Gasteiger partial charge on any atom is -0.464 e. The van der Waals surface area contributed by atoms with E-state index >= 15 is 0 Å². The fourth-order valence-corrected chi connectivity index (χ4v) is 3.09. The molecule has 20 heavy (non-hydrogen) atoms. The van der Waals surface area contributed by atoms with E-state index in [1.165, 1.54) is 0 Å². The molecule has 0 bridgehead atoms. The highest BCUT2D eigenvalue weighted by Gasteiger charge is 2.40. The first-order valence-electron chi connectivity index (χ1n) is 6.96. The van der Waals surface area contributed by atoms with E-state index in [0.29, 0.717) is 23.3 Å². The van der Waals surface area contributed by atoms with E-state index in [1.807, 2.05) is 13.8 Å².